The fraction of sp³-hybridized carbons (Fsp3) is 1.00. The van der Waals surface area contributed by atoms with Gasteiger partial charge in [0.1, 0.15) is 0 Å². The summed E-state index contributed by atoms with van der Waals surface area (Å²) in [5.41, 5.74) is 0.998. The molecule has 0 aromatic heterocycles. The van der Waals surface area contributed by atoms with E-state index in [1.807, 2.05) is 0 Å². The molecule has 0 spiro atoms. The summed E-state index contributed by atoms with van der Waals surface area (Å²) >= 11 is 0. The Morgan fingerprint density at radius 3 is 1.85 bits per heavy atom. The maximum absolute atomic E-state index is 4.02. The second-order valence-corrected chi connectivity index (χ2v) is 9.77. The van der Waals surface area contributed by atoms with Crippen molar-refractivity contribution in [2.24, 2.45) is 11.3 Å². The van der Waals surface area contributed by atoms with Crippen LogP contribution in [0.15, 0.2) is 0 Å². The zero-order chi connectivity index (χ0) is 15.2. The molecule has 2 aliphatic rings. The highest BCUT2D eigenvalue weighted by atomic mass is 15.1. The van der Waals surface area contributed by atoms with Gasteiger partial charge in [-0.3, -0.25) is 0 Å². The third-order valence-electron chi connectivity index (χ3n) is 5.05. The number of nitrogens with one attached hydrogen (secondary N) is 2. The Morgan fingerprint density at radius 1 is 0.800 bits per heavy atom. The molecule has 2 unspecified atom stereocenters. The zero-order valence-electron chi connectivity index (χ0n) is 14.8. The van der Waals surface area contributed by atoms with Gasteiger partial charge >= 0.3 is 0 Å². The quantitative estimate of drug-likeness (QED) is 0.796. The average molecular weight is 280 g/mol. The lowest BCUT2D eigenvalue weighted by Gasteiger charge is -2.49. The Labute approximate surface area is 126 Å². The minimum absolute atomic E-state index is 0.245. The van der Waals surface area contributed by atoms with E-state index in [0.717, 1.165) is 5.92 Å². The van der Waals surface area contributed by atoms with E-state index in [9.17, 15) is 0 Å². The molecule has 2 fully saturated rings. The van der Waals surface area contributed by atoms with Crippen LogP contribution in [0.5, 0.6) is 0 Å². The second kappa shape index (κ2) is 5.28. The van der Waals surface area contributed by atoms with Gasteiger partial charge < -0.3 is 10.6 Å². The van der Waals surface area contributed by atoms with E-state index in [1.54, 1.807) is 0 Å². The fourth-order valence-corrected chi connectivity index (χ4v) is 5.25. The number of piperidine rings is 1. The third-order valence-corrected chi connectivity index (χ3v) is 5.05. The van der Waals surface area contributed by atoms with Crippen molar-refractivity contribution in [3.05, 3.63) is 0 Å². The van der Waals surface area contributed by atoms with Crippen LogP contribution in [0.4, 0.5) is 0 Å². The molecule has 2 nitrogen and oxygen atoms in total. The smallest absolute Gasteiger partial charge is 0.0144 e. The van der Waals surface area contributed by atoms with Gasteiger partial charge in [0.25, 0.3) is 0 Å². The molecule has 2 heteroatoms. The minimum Gasteiger partial charge on any atom is -0.311 e. The van der Waals surface area contributed by atoms with Crippen molar-refractivity contribution in [3.8, 4) is 0 Å². The molecule has 0 radical (unpaired) electrons. The average Bonchev–Trinajstić information content (AvgIpc) is 2.06. The maximum Gasteiger partial charge on any atom is 0.0144 e. The predicted octanol–water partition coefficient (Wildman–Crippen LogP) is 4.10. The van der Waals surface area contributed by atoms with Gasteiger partial charge in [0.2, 0.25) is 0 Å². The van der Waals surface area contributed by atoms with E-state index in [1.165, 1.54) is 32.1 Å². The van der Waals surface area contributed by atoms with Crippen molar-refractivity contribution >= 4 is 0 Å². The van der Waals surface area contributed by atoms with Gasteiger partial charge in [0, 0.05) is 23.2 Å². The largest absolute Gasteiger partial charge is 0.311 e. The van der Waals surface area contributed by atoms with Gasteiger partial charge in [-0.25, -0.2) is 0 Å². The van der Waals surface area contributed by atoms with Crippen LogP contribution in [0.3, 0.4) is 0 Å². The highest BCUT2D eigenvalue weighted by molar-refractivity contribution is 5.01. The van der Waals surface area contributed by atoms with Crippen molar-refractivity contribution in [2.45, 2.75) is 104 Å². The van der Waals surface area contributed by atoms with E-state index < -0.39 is 0 Å². The van der Waals surface area contributed by atoms with Crippen molar-refractivity contribution in [1.29, 1.82) is 0 Å². The molecule has 118 valence electrons. The molecule has 1 aliphatic heterocycles. The molecule has 2 atom stereocenters. The summed E-state index contributed by atoms with van der Waals surface area (Å²) in [6.07, 6.45) is 6.55. The molecule has 1 aliphatic carbocycles. The second-order valence-electron chi connectivity index (χ2n) is 9.77. The van der Waals surface area contributed by atoms with Crippen LogP contribution < -0.4 is 10.6 Å². The summed E-state index contributed by atoms with van der Waals surface area (Å²) < 4.78 is 0. The van der Waals surface area contributed by atoms with Crippen LogP contribution in [0.2, 0.25) is 0 Å². The molecule has 0 amide bonds. The van der Waals surface area contributed by atoms with Crippen molar-refractivity contribution in [3.63, 3.8) is 0 Å². The molecule has 1 saturated carbocycles. The first-order chi connectivity index (χ1) is 8.96. The van der Waals surface area contributed by atoms with Gasteiger partial charge in [-0.05, 0) is 71.1 Å². The van der Waals surface area contributed by atoms with E-state index in [4.69, 9.17) is 0 Å². The van der Waals surface area contributed by atoms with E-state index in [-0.39, 0.29) is 11.1 Å². The Hall–Kier alpha value is -0.0800. The number of hydrogen-bond donors (Lipinski definition) is 2. The van der Waals surface area contributed by atoms with Gasteiger partial charge in [0.05, 0.1) is 0 Å². The van der Waals surface area contributed by atoms with E-state index >= 15 is 0 Å². The first-order valence-electron chi connectivity index (χ1n) is 8.52. The molecule has 0 bridgehead atoms. The van der Waals surface area contributed by atoms with Crippen molar-refractivity contribution in [1.82, 2.24) is 10.6 Å². The number of rotatable bonds is 2. The molecule has 1 saturated heterocycles. The van der Waals surface area contributed by atoms with Gasteiger partial charge in [-0.15, -0.1) is 0 Å². The summed E-state index contributed by atoms with van der Waals surface area (Å²) in [5, 5.41) is 7.80. The van der Waals surface area contributed by atoms with E-state index in [0.29, 0.717) is 17.5 Å². The fourth-order valence-electron chi connectivity index (χ4n) is 5.25. The first kappa shape index (κ1) is 16.3. The Balaban J connectivity index is 1.98. The Kier molecular flexibility index (Phi) is 4.30. The Bertz CT molecular complexity index is 327. The van der Waals surface area contributed by atoms with Gasteiger partial charge in [-0.2, -0.15) is 0 Å². The lowest BCUT2D eigenvalue weighted by atomic mass is 9.70. The lowest BCUT2D eigenvalue weighted by Crippen LogP contribution is -2.62. The third kappa shape index (κ3) is 4.46. The summed E-state index contributed by atoms with van der Waals surface area (Å²) in [6, 6.07) is 1.37. The van der Waals surface area contributed by atoms with Crippen LogP contribution in [0, 0.1) is 11.3 Å². The van der Waals surface area contributed by atoms with Crippen molar-refractivity contribution in [2.75, 3.05) is 0 Å². The Morgan fingerprint density at radius 2 is 1.35 bits per heavy atom. The van der Waals surface area contributed by atoms with Crippen LogP contribution >= 0.6 is 0 Å². The summed E-state index contributed by atoms with van der Waals surface area (Å²) in [5.74, 6) is 0.860. The first-order valence-corrected chi connectivity index (χ1v) is 8.52. The van der Waals surface area contributed by atoms with Crippen LogP contribution in [-0.4, -0.2) is 23.2 Å². The molecule has 20 heavy (non-hydrogen) atoms. The van der Waals surface area contributed by atoms with E-state index in [2.05, 4.69) is 59.1 Å². The highest BCUT2D eigenvalue weighted by Crippen LogP contribution is 2.39. The molecule has 0 aromatic rings. The standard InChI is InChI=1S/C18H36N2/c1-13-8-14(10-16(2,3)9-13)19-15-11-17(4,5)20-18(6,7)12-15/h13-15,19-20H,8-12H2,1-7H3. The van der Waals surface area contributed by atoms with Gasteiger partial charge in [0.15, 0.2) is 0 Å². The summed E-state index contributed by atoms with van der Waals surface area (Å²) in [4.78, 5) is 0. The topological polar surface area (TPSA) is 24.1 Å². The lowest BCUT2D eigenvalue weighted by molar-refractivity contribution is 0.104. The molecule has 0 aromatic carbocycles. The molecule has 2 rings (SSSR count). The summed E-state index contributed by atoms with van der Waals surface area (Å²) in [7, 11) is 0. The van der Waals surface area contributed by atoms with Crippen LogP contribution in [-0.2, 0) is 0 Å². The monoisotopic (exact) mass is 280 g/mol. The molecular formula is C18H36N2. The molecule has 2 N–H and O–H groups in total. The highest BCUT2D eigenvalue weighted by Gasteiger charge is 2.39. The van der Waals surface area contributed by atoms with Crippen LogP contribution in [0.25, 0.3) is 0 Å². The van der Waals surface area contributed by atoms with Crippen molar-refractivity contribution < 1.29 is 0 Å². The predicted molar refractivity (Wildman–Crippen MR) is 88.0 cm³/mol. The summed E-state index contributed by atoms with van der Waals surface area (Å²) in [6.45, 7) is 16.7. The minimum atomic E-state index is 0.245. The number of hydrogen-bond acceptors (Lipinski definition) is 2. The normalized spacial score (nSPS) is 36.8. The molecule has 1 heterocycles. The van der Waals surface area contributed by atoms with Crippen LogP contribution in [0.1, 0.15) is 80.6 Å². The van der Waals surface area contributed by atoms with Gasteiger partial charge in [-0.1, -0.05) is 20.8 Å². The molecular weight excluding hydrogens is 244 g/mol. The maximum atomic E-state index is 4.02. The SMILES string of the molecule is CC1CC(NC2CC(C)(C)NC(C)(C)C2)CC(C)(C)C1. The zero-order valence-corrected chi connectivity index (χ0v) is 14.8.